The highest BCUT2D eigenvalue weighted by molar-refractivity contribution is 6.04. The number of rotatable bonds is 5. The van der Waals surface area contributed by atoms with Crippen LogP contribution in [-0.2, 0) is 6.18 Å². The second-order valence-electron chi connectivity index (χ2n) is 5.82. The Hall–Kier alpha value is -2.17. The number of nitrogens with zero attached hydrogens (tertiary/aromatic N) is 2. The van der Waals surface area contributed by atoms with Crippen molar-refractivity contribution in [3.8, 4) is 5.75 Å². The molecule has 0 unspecified atom stereocenters. The molecule has 0 aliphatic heterocycles. The van der Waals surface area contributed by atoms with Gasteiger partial charge in [-0.2, -0.15) is 18.2 Å². The van der Waals surface area contributed by atoms with Crippen LogP contribution < -0.4 is 15.8 Å². The Morgan fingerprint density at radius 2 is 1.93 bits per heavy atom. The average Bonchev–Trinajstić information content (AvgIpc) is 2.96. The second-order valence-corrected chi connectivity index (χ2v) is 5.82. The van der Waals surface area contributed by atoms with Crippen molar-refractivity contribution in [1.29, 1.82) is 0 Å². The zero-order valence-corrected chi connectivity index (χ0v) is 17.0. The predicted octanol–water partition coefficient (Wildman–Crippen LogP) is 2.65. The van der Waals surface area contributed by atoms with E-state index in [0.717, 1.165) is 12.1 Å². The number of hydrogen-bond acceptors (Lipinski definition) is 3. The van der Waals surface area contributed by atoms with Crippen LogP contribution in [0.5, 0.6) is 5.75 Å². The SMILES string of the molecule is CNC(N)=NC(=O)c1cc2c(C(F)(F)F)cc(OCCN(C)C)cc2[nH]1.Cl.Cl. The number of carbonyl (C=O) groups excluding carboxylic acids is 1. The number of likely N-dealkylation sites (N-methyl/N-ethyl adjacent to an activating group) is 1. The third kappa shape index (κ3) is 6.47. The number of nitrogens with one attached hydrogen (secondary N) is 2. The molecule has 1 aromatic carbocycles. The second kappa shape index (κ2) is 10.4. The molecular weight excluding hydrogens is 422 g/mol. The zero-order valence-electron chi connectivity index (χ0n) is 15.4. The number of guanidine groups is 1. The maximum absolute atomic E-state index is 13.4. The molecule has 0 saturated heterocycles. The van der Waals surface area contributed by atoms with Crippen LogP contribution in [0.2, 0.25) is 0 Å². The van der Waals surface area contributed by atoms with Crippen molar-refractivity contribution in [1.82, 2.24) is 15.2 Å². The minimum absolute atomic E-state index is 0. The van der Waals surface area contributed by atoms with E-state index in [2.05, 4.69) is 15.3 Å². The van der Waals surface area contributed by atoms with E-state index in [9.17, 15) is 18.0 Å². The van der Waals surface area contributed by atoms with Crippen molar-refractivity contribution in [3.05, 3.63) is 29.5 Å². The van der Waals surface area contributed by atoms with Crippen molar-refractivity contribution >= 4 is 47.6 Å². The molecule has 158 valence electrons. The van der Waals surface area contributed by atoms with Gasteiger partial charge in [0, 0.05) is 25.0 Å². The number of benzene rings is 1. The fraction of sp³-hybridized carbons (Fsp3) is 0.375. The Balaban J connectivity index is 0.00000364. The van der Waals surface area contributed by atoms with Crippen LogP contribution in [0.15, 0.2) is 23.2 Å². The van der Waals surface area contributed by atoms with Crippen LogP contribution in [0.1, 0.15) is 16.1 Å². The minimum atomic E-state index is -4.60. The maximum atomic E-state index is 13.4. The molecule has 2 rings (SSSR count). The Morgan fingerprint density at radius 1 is 1.29 bits per heavy atom. The summed E-state index contributed by atoms with van der Waals surface area (Å²) in [6.07, 6.45) is -4.60. The summed E-state index contributed by atoms with van der Waals surface area (Å²) in [5.41, 5.74) is 4.54. The summed E-state index contributed by atoms with van der Waals surface area (Å²) in [6.45, 7) is 0.775. The molecule has 28 heavy (non-hydrogen) atoms. The molecular formula is C16H22Cl2F3N5O2. The molecule has 0 aliphatic rings. The lowest BCUT2D eigenvalue weighted by molar-refractivity contribution is -0.136. The van der Waals surface area contributed by atoms with E-state index in [1.165, 1.54) is 13.1 Å². The lowest BCUT2D eigenvalue weighted by atomic mass is 10.1. The standard InChI is InChI=1S/C16H20F3N5O2.2ClH/c1-21-15(20)23-14(25)13-8-10-11(16(17,18)19)6-9(7-12(10)22-13)26-5-4-24(2)3;;/h6-8,22H,4-5H2,1-3H3,(H3,20,21,23,25);2*1H. The van der Waals surface area contributed by atoms with E-state index in [0.29, 0.717) is 6.54 Å². The third-order valence-electron chi connectivity index (χ3n) is 3.53. The van der Waals surface area contributed by atoms with Gasteiger partial charge in [0.15, 0.2) is 5.96 Å². The van der Waals surface area contributed by atoms with Gasteiger partial charge in [0.1, 0.15) is 18.1 Å². The van der Waals surface area contributed by atoms with E-state index >= 15 is 0 Å². The van der Waals surface area contributed by atoms with Crippen LogP contribution in [0.25, 0.3) is 10.9 Å². The summed E-state index contributed by atoms with van der Waals surface area (Å²) in [6, 6.07) is 3.45. The first-order valence-electron chi connectivity index (χ1n) is 7.69. The number of fused-ring (bicyclic) bond motifs is 1. The lowest BCUT2D eigenvalue weighted by Crippen LogP contribution is -2.28. The van der Waals surface area contributed by atoms with Crippen LogP contribution in [0, 0.1) is 0 Å². The van der Waals surface area contributed by atoms with Gasteiger partial charge >= 0.3 is 6.18 Å². The molecule has 0 saturated carbocycles. The third-order valence-corrected chi connectivity index (χ3v) is 3.53. The molecule has 1 amide bonds. The number of nitrogens with two attached hydrogens (primary N) is 1. The Bertz CT molecular complexity index is 838. The van der Waals surface area contributed by atoms with Crippen molar-refractivity contribution in [2.45, 2.75) is 6.18 Å². The molecule has 0 spiro atoms. The van der Waals surface area contributed by atoms with Crippen LogP contribution in [-0.4, -0.2) is 56.0 Å². The summed E-state index contributed by atoms with van der Waals surface area (Å²) in [7, 11) is 5.12. The highest BCUT2D eigenvalue weighted by atomic mass is 35.5. The lowest BCUT2D eigenvalue weighted by Gasteiger charge is -2.13. The van der Waals surface area contributed by atoms with Crippen LogP contribution >= 0.6 is 24.8 Å². The normalized spacial score (nSPS) is 11.8. The number of amides is 1. The predicted molar refractivity (Wildman–Crippen MR) is 107 cm³/mol. The number of alkyl halides is 3. The van der Waals surface area contributed by atoms with Crippen LogP contribution in [0.4, 0.5) is 13.2 Å². The van der Waals surface area contributed by atoms with Gasteiger partial charge in [-0.3, -0.25) is 4.79 Å². The van der Waals surface area contributed by atoms with E-state index in [-0.39, 0.29) is 59.7 Å². The number of aliphatic imine (C=N–C) groups is 1. The summed E-state index contributed by atoms with van der Waals surface area (Å²) in [5.74, 6) is -0.862. The van der Waals surface area contributed by atoms with Crippen molar-refractivity contribution in [3.63, 3.8) is 0 Å². The smallest absolute Gasteiger partial charge is 0.417 e. The van der Waals surface area contributed by atoms with Crippen molar-refractivity contribution in [2.75, 3.05) is 34.3 Å². The molecule has 0 atom stereocenters. The van der Waals surface area contributed by atoms with Gasteiger partial charge in [0.2, 0.25) is 0 Å². The highest BCUT2D eigenvalue weighted by Gasteiger charge is 2.34. The fourth-order valence-electron chi connectivity index (χ4n) is 2.22. The molecule has 0 fully saturated rings. The zero-order chi connectivity index (χ0) is 19.5. The molecule has 0 bridgehead atoms. The molecule has 4 N–H and O–H groups in total. The first-order valence-corrected chi connectivity index (χ1v) is 7.69. The highest BCUT2D eigenvalue weighted by Crippen LogP contribution is 2.38. The van der Waals surface area contributed by atoms with Gasteiger partial charge in [0.25, 0.3) is 5.91 Å². The molecule has 0 radical (unpaired) electrons. The monoisotopic (exact) mass is 443 g/mol. The molecule has 1 heterocycles. The summed E-state index contributed by atoms with van der Waals surface area (Å²) >= 11 is 0. The summed E-state index contributed by atoms with van der Waals surface area (Å²) < 4.78 is 45.6. The summed E-state index contributed by atoms with van der Waals surface area (Å²) in [4.78, 5) is 20.1. The number of aromatic nitrogens is 1. The number of halogens is 5. The Labute approximate surface area is 172 Å². The van der Waals surface area contributed by atoms with Gasteiger partial charge < -0.3 is 25.7 Å². The van der Waals surface area contributed by atoms with Gasteiger partial charge in [-0.1, -0.05) is 0 Å². The molecule has 2 aromatic rings. The van der Waals surface area contributed by atoms with Crippen molar-refractivity contribution < 1.29 is 22.7 Å². The number of H-pyrrole nitrogens is 1. The van der Waals surface area contributed by atoms with E-state index in [4.69, 9.17) is 10.5 Å². The van der Waals surface area contributed by atoms with E-state index in [1.807, 2.05) is 19.0 Å². The van der Waals surface area contributed by atoms with Gasteiger partial charge in [-0.15, -0.1) is 24.8 Å². The number of aromatic amines is 1. The van der Waals surface area contributed by atoms with E-state index in [1.54, 1.807) is 0 Å². The maximum Gasteiger partial charge on any atom is 0.417 e. The Kier molecular flexibility index (Phi) is 9.59. The molecule has 0 aliphatic carbocycles. The average molecular weight is 444 g/mol. The number of ether oxygens (including phenoxy) is 1. The quantitative estimate of drug-likeness (QED) is 0.487. The summed E-state index contributed by atoms with van der Waals surface area (Å²) in [5, 5.41) is 2.33. The van der Waals surface area contributed by atoms with Gasteiger partial charge in [-0.05, 0) is 26.2 Å². The van der Waals surface area contributed by atoms with Gasteiger partial charge in [0.05, 0.1) is 11.1 Å². The Morgan fingerprint density at radius 3 is 2.46 bits per heavy atom. The molecule has 7 nitrogen and oxygen atoms in total. The number of hydrogen-bond donors (Lipinski definition) is 3. The number of carbonyl (C=O) groups is 1. The first kappa shape index (κ1) is 25.8. The van der Waals surface area contributed by atoms with Gasteiger partial charge in [-0.25, -0.2) is 0 Å². The largest absolute Gasteiger partial charge is 0.492 e. The van der Waals surface area contributed by atoms with Crippen molar-refractivity contribution in [2.24, 2.45) is 10.7 Å². The fourth-order valence-corrected chi connectivity index (χ4v) is 2.22. The first-order chi connectivity index (χ1) is 12.1. The molecule has 12 heteroatoms. The van der Waals surface area contributed by atoms with E-state index < -0.39 is 17.6 Å². The van der Waals surface area contributed by atoms with Crippen LogP contribution in [0.3, 0.4) is 0 Å². The minimum Gasteiger partial charge on any atom is -0.492 e. The topological polar surface area (TPSA) is 95.7 Å². The molecule has 1 aromatic heterocycles.